The van der Waals surface area contributed by atoms with Crippen molar-refractivity contribution in [3.63, 3.8) is 0 Å². The van der Waals surface area contributed by atoms with E-state index in [1.165, 1.54) is 5.56 Å². The number of hydrogen-bond donors (Lipinski definition) is 0. The number of fused-ring (bicyclic) bond motifs is 1. The number of carbonyl (C=O) groups is 1. The van der Waals surface area contributed by atoms with E-state index in [-0.39, 0.29) is 5.91 Å². The van der Waals surface area contributed by atoms with Gasteiger partial charge in [-0.05, 0) is 65.0 Å². The van der Waals surface area contributed by atoms with Crippen LogP contribution in [-0.2, 0) is 6.42 Å². The highest BCUT2D eigenvalue weighted by molar-refractivity contribution is 9.10. The third-order valence-electron chi connectivity index (χ3n) is 3.71. The summed E-state index contributed by atoms with van der Waals surface area (Å²) >= 11 is 3.51. The fourth-order valence-corrected chi connectivity index (χ4v) is 3.35. The van der Waals surface area contributed by atoms with Gasteiger partial charge in [0, 0.05) is 16.7 Å². The summed E-state index contributed by atoms with van der Waals surface area (Å²) in [6.45, 7) is 2.81. The van der Waals surface area contributed by atoms with Crippen LogP contribution >= 0.6 is 15.9 Å². The lowest BCUT2D eigenvalue weighted by Crippen LogP contribution is -2.35. The van der Waals surface area contributed by atoms with Crippen molar-refractivity contribution in [2.24, 2.45) is 0 Å². The van der Waals surface area contributed by atoms with E-state index in [9.17, 15) is 4.79 Å². The molecule has 0 radical (unpaired) electrons. The van der Waals surface area contributed by atoms with Gasteiger partial charge >= 0.3 is 0 Å². The average molecular weight is 330 g/mol. The highest BCUT2D eigenvalue weighted by atomic mass is 79.9. The van der Waals surface area contributed by atoms with Crippen LogP contribution in [0.4, 0.5) is 5.69 Å². The zero-order valence-corrected chi connectivity index (χ0v) is 13.0. The molecule has 0 atom stereocenters. The lowest BCUT2D eigenvalue weighted by atomic mass is 10.0. The molecule has 3 rings (SSSR count). The molecule has 0 spiro atoms. The number of hydrogen-bond acceptors (Lipinski definition) is 1. The molecule has 102 valence electrons. The standard InChI is InChI=1S/C17H16BrNO/c1-12-8-9-14(15(18)11-12)17(20)19-10-4-6-13-5-2-3-7-16(13)19/h2-3,5,7-9,11H,4,6,10H2,1H3. The maximum atomic E-state index is 12.8. The summed E-state index contributed by atoms with van der Waals surface area (Å²) in [5.41, 5.74) is 4.19. The van der Waals surface area contributed by atoms with Gasteiger partial charge in [-0.1, -0.05) is 24.3 Å². The number of nitrogens with zero attached hydrogens (tertiary/aromatic N) is 1. The van der Waals surface area contributed by atoms with Crippen molar-refractivity contribution in [3.8, 4) is 0 Å². The molecule has 0 aliphatic carbocycles. The van der Waals surface area contributed by atoms with Crippen molar-refractivity contribution in [2.75, 3.05) is 11.4 Å². The second-order valence-corrected chi connectivity index (χ2v) is 6.03. The second-order valence-electron chi connectivity index (χ2n) is 5.17. The Balaban J connectivity index is 2.00. The van der Waals surface area contributed by atoms with Gasteiger partial charge in [0.25, 0.3) is 5.91 Å². The fourth-order valence-electron chi connectivity index (χ4n) is 2.68. The maximum Gasteiger partial charge on any atom is 0.259 e. The van der Waals surface area contributed by atoms with Crippen LogP contribution in [0.3, 0.4) is 0 Å². The molecule has 0 fully saturated rings. The smallest absolute Gasteiger partial charge is 0.259 e. The molecule has 1 aliphatic heterocycles. The number of benzene rings is 2. The minimum absolute atomic E-state index is 0.0732. The maximum absolute atomic E-state index is 12.8. The summed E-state index contributed by atoms with van der Waals surface area (Å²) in [6, 6.07) is 14.0. The van der Waals surface area contributed by atoms with Crippen molar-refractivity contribution in [1.82, 2.24) is 0 Å². The molecular weight excluding hydrogens is 314 g/mol. The van der Waals surface area contributed by atoms with E-state index in [0.717, 1.165) is 40.7 Å². The van der Waals surface area contributed by atoms with Crippen LogP contribution in [0.15, 0.2) is 46.9 Å². The number of amides is 1. The van der Waals surface area contributed by atoms with Crippen LogP contribution in [0.1, 0.15) is 27.9 Å². The molecular formula is C17H16BrNO. The summed E-state index contributed by atoms with van der Waals surface area (Å²) in [5.74, 6) is 0.0732. The Morgan fingerprint density at radius 1 is 1.20 bits per heavy atom. The summed E-state index contributed by atoms with van der Waals surface area (Å²) < 4.78 is 0.866. The molecule has 0 unspecified atom stereocenters. The summed E-state index contributed by atoms with van der Waals surface area (Å²) in [7, 11) is 0. The Morgan fingerprint density at radius 3 is 2.80 bits per heavy atom. The molecule has 2 aromatic rings. The SMILES string of the molecule is Cc1ccc(C(=O)N2CCCc3ccccc32)c(Br)c1. The van der Waals surface area contributed by atoms with Gasteiger partial charge in [-0.3, -0.25) is 4.79 Å². The van der Waals surface area contributed by atoms with Crippen molar-refractivity contribution >= 4 is 27.5 Å². The van der Waals surface area contributed by atoms with Crippen molar-refractivity contribution in [1.29, 1.82) is 0 Å². The Morgan fingerprint density at radius 2 is 2.00 bits per heavy atom. The van der Waals surface area contributed by atoms with Crippen LogP contribution < -0.4 is 4.90 Å². The van der Waals surface area contributed by atoms with Gasteiger partial charge in [0.15, 0.2) is 0 Å². The predicted molar refractivity (Wildman–Crippen MR) is 85.3 cm³/mol. The van der Waals surface area contributed by atoms with E-state index in [1.54, 1.807) is 0 Å². The molecule has 1 heterocycles. The summed E-state index contributed by atoms with van der Waals surface area (Å²) in [4.78, 5) is 14.7. The molecule has 0 N–H and O–H groups in total. The van der Waals surface area contributed by atoms with Crippen LogP contribution in [0, 0.1) is 6.92 Å². The minimum Gasteiger partial charge on any atom is -0.308 e. The first-order chi connectivity index (χ1) is 9.66. The van der Waals surface area contributed by atoms with Crippen LogP contribution in [-0.4, -0.2) is 12.5 Å². The molecule has 0 aromatic heterocycles. The average Bonchev–Trinajstić information content (AvgIpc) is 2.46. The van der Waals surface area contributed by atoms with Gasteiger partial charge in [-0.15, -0.1) is 0 Å². The topological polar surface area (TPSA) is 20.3 Å². The number of halogens is 1. The van der Waals surface area contributed by atoms with E-state index in [1.807, 2.05) is 48.2 Å². The van der Waals surface area contributed by atoms with E-state index in [0.29, 0.717) is 0 Å². The lowest BCUT2D eigenvalue weighted by molar-refractivity contribution is 0.0984. The number of para-hydroxylation sites is 1. The fraction of sp³-hybridized carbons (Fsp3) is 0.235. The number of carbonyl (C=O) groups excluding carboxylic acids is 1. The molecule has 2 aromatic carbocycles. The zero-order chi connectivity index (χ0) is 14.1. The summed E-state index contributed by atoms with van der Waals surface area (Å²) in [6.07, 6.45) is 2.07. The Hall–Kier alpha value is -1.61. The lowest BCUT2D eigenvalue weighted by Gasteiger charge is -2.29. The van der Waals surface area contributed by atoms with Crippen molar-refractivity contribution < 1.29 is 4.79 Å². The number of rotatable bonds is 1. The molecule has 0 bridgehead atoms. The van der Waals surface area contributed by atoms with Crippen LogP contribution in [0.25, 0.3) is 0 Å². The van der Waals surface area contributed by atoms with E-state index < -0.39 is 0 Å². The first-order valence-electron chi connectivity index (χ1n) is 6.83. The van der Waals surface area contributed by atoms with Gasteiger partial charge in [-0.25, -0.2) is 0 Å². The molecule has 1 amide bonds. The van der Waals surface area contributed by atoms with E-state index >= 15 is 0 Å². The van der Waals surface area contributed by atoms with Gasteiger partial charge in [0.05, 0.1) is 5.56 Å². The summed E-state index contributed by atoms with van der Waals surface area (Å²) in [5, 5.41) is 0. The van der Waals surface area contributed by atoms with Crippen LogP contribution in [0.5, 0.6) is 0 Å². The molecule has 0 saturated carbocycles. The molecule has 1 aliphatic rings. The van der Waals surface area contributed by atoms with E-state index in [4.69, 9.17) is 0 Å². The van der Waals surface area contributed by atoms with Gasteiger partial charge < -0.3 is 4.90 Å². The number of anilines is 1. The highest BCUT2D eigenvalue weighted by Gasteiger charge is 2.24. The monoisotopic (exact) mass is 329 g/mol. The van der Waals surface area contributed by atoms with Gasteiger partial charge in [0.1, 0.15) is 0 Å². The molecule has 3 heteroatoms. The van der Waals surface area contributed by atoms with E-state index in [2.05, 4.69) is 22.0 Å². The first-order valence-corrected chi connectivity index (χ1v) is 7.62. The molecule has 0 saturated heterocycles. The Labute approximate surface area is 127 Å². The van der Waals surface area contributed by atoms with Crippen molar-refractivity contribution in [3.05, 3.63) is 63.6 Å². The third kappa shape index (κ3) is 2.38. The van der Waals surface area contributed by atoms with Gasteiger partial charge in [0.2, 0.25) is 0 Å². The highest BCUT2D eigenvalue weighted by Crippen LogP contribution is 2.29. The zero-order valence-electron chi connectivity index (χ0n) is 11.4. The Kier molecular flexibility index (Phi) is 3.62. The predicted octanol–water partition coefficient (Wildman–Crippen LogP) is 4.35. The third-order valence-corrected chi connectivity index (χ3v) is 4.37. The largest absolute Gasteiger partial charge is 0.308 e. The number of aryl methyl sites for hydroxylation is 2. The minimum atomic E-state index is 0.0732. The van der Waals surface area contributed by atoms with Gasteiger partial charge in [-0.2, -0.15) is 0 Å². The molecule has 2 nitrogen and oxygen atoms in total. The first kappa shape index (κ1) is 13.4. The van der Waals surface area contributed by atoms with Crippen LogP contribution in [0.2, 0.25) is 0 Å². The quantitative estimate of drug-likeness (QED) is 0.761. The second kappa shape index (κ2) is 5.41. The normalized spacial score (nSPS) is 14.0. The molecule has 20 heavy (non-hydrogen) atoms. The Bertz CT molecular complexity index is 666. The van der Waals surface area contributed by atoms with Crippen molar-refractivity contribution in [2.45, 2.75) is 19.8 Å².